The number of nitrogens with one attached hydrogen (secondary N) is 1. The molecule has 23 heavy (non-hydrogen) atoms. The Balaban J connectivity index is 2.21. The lowest BCUT2D eigenvalue weighted by atomic mass is 10.1. The van der Waals surface area contributed by atoms with E-state index in [0.29, 0.717) is 10.6 Å². The van der Waals surface area contributed by atoms with Crippen molar-refractivity contribution in [1.29, 1.82) is 5.26 Å². The summed E-state index contributed by atoms with van der Waals surface area (Å²) in [6.07, 6.45) is 1.41. The predicted molar refractivity (Wildman–Crippen MR) is 86.8 cm³/mol. The second kappa shape index (κ2) is 7.20. The Kier molecular flexibility index (Phi) is 5.07. The van der Waals surface area contributed by atoms with E-state index < -0.39 is 10.8 Å². The van der Waals surface area contributed by atoms with Gasteiger partial charge in [-0.2, -0.15) is 5.26 Å². The number of rotatable bonds is 4. The summed E-state index contributed by atoms with van der Waals surface area (Å²) in [5, 5.41) is 22.8. The predicted octanol–water partition coefficient (Wildman–Crippen LogP) is 3.79. The van der Waals surface area contributed by atoms with Gasteiger partial charge >= 0.3 is 0 Å². The van der Waals surface area contributed by atoms with Crippen LogP contribution >= 0.6 is 11.6 Å². The summed E-state index contributed by atoms with van der Waals surface area (Å²) in [6, 6.07) is 13.9. The van der Waals surface area contributed by atoms with Crippen molar-refractivity contribution in [2.24, 2.45) is 0 Å². The summed E-state index contributed by atoms with van der Waals surface area (Å²) in [7, 11) is 0. The highest BCUT2D eigenvalue weighted by Crippen LogP contribution is 2.18. The Morgan fingerprint density at radius 1 is 1.26 bits per heavy atom. The first-order valence-electron chi connectivity index (χ1n) is 6.43. The third-order valence-electron chi connectivity index (χ3n) is 2.86. The Morgan fingerprint density at radius 3 is 2.57 bits per heavy atom. The van der Waals surface area contributed by atoms with E-state index in [1.165, 1.54) is 30.3 Å². The number of benzene rings is 2. The van der Waals surface area contributed by atoms with Gasteiger partial charge in [-0.05, 0) is 29.8 Å². The van der Waals surface area contributed by atoms with E-state index in [2.05, 4.69) is 5.32 Å². The minimum Gasteiger partial charge on any atom is -0.321 e. The lowest BCUT2D eigenvalue weighted by molar-refractivity contribution is -0.384. The summed E-state index contributed by atoms with van der Waals surface area (Å²) in [6.45, 7) is 0. The lowest BCUT2D eigenvalue weighted by Crippen LogP contribution is -2.13. The molecule has 0 fully saturated rings. The van der Waals surface area contributed by atoms with Crippen LogP contribution in [0.25, 0.3) is 6.08 Å². The quantitative estimate of drug-likeness (QED) is 0.400. The number of nitro groups is 1. The molecule has 2 aromatic carbocycles. The number of non-ortho nitro benzene ring substituents is 1. The summed E-state index contributed by atoms with van der Waals surface area (Å²) in [5.41, 5.74) is 0.600. The van der Waals surface area contributed by atoms with Gasteiger partial charge in [-0.15, -0.1) is 0 Å². The van der Waals surface area contributed by atoms with E-state index >= 15 is 0 Å². The van der Waals surface area contributed by atoms with Gasteiger partial charge in [0.15, 0.2) is 0 Å². The van der Waals surface area contributed by atoms with Crippen LogP contribution in [-0.4, -0.2) is 10.8 Å². The van der Waals surface area contributed by atoms with E-state index in [1.807, 2.05) is 0 Å². The maximum atomic E-state index is 12.1. The van der Waals surface area contributed by atoms with Crippen LogP contribution < -0.4 is 5.32 Å². The molecule has 0 saturated carbocycles. The number of amides is 1. The van der Waals surface area contributed by atoms with E-state index in [-0.39, 0.29) is 16.9 Å². The first kappa shape index (κ1) is 16.2. The maximum absolute atomic E-state index is 12.1. The topological polar surface area (TPSA) is 96.0 Å². The van der Waals surface area contributed by atoms with Gasteiger partial charge in [0.05, 0.1) is 4.92 Å². The maximum Gasteiger partial charge on any atom is 0.271 e. The van der Waals surface area contributed by atoms with Crippen LogP contribution in [0.5, 0.6) is 0 Å². The highest BCUT2D eigenvalue weighted by Gasteiger charge is 2.12. The second-order valence-corrected chi connectivity index (χ2v) is 4.92. The number of carbonyl (C=O) groups is 1. The molecule has 0 atom stereocenters. The van der Waals surface area contributed by atoms with Crippen LogP contribution in [0.1, 0.15) is 5.56 Å². The number of nitro benzene ring substituents is 1. The molecule has 1 N–H and O–H groups in total. The van der Waals surface area contributed by atoms with Crippen molar-refractivity contribution < 1.29 is 9.72 Å². The van der Waals surface area contributed by atoms with E-state index in [4.69, 9.17) is 16.9 Å². The number of anilines is 1. The number of carbonyl (C=O) groups excluding carboxylic acids is 1. The smallest absolute Gasteiger partial charge is 0.271 e. The lowest BCUT2D eigenvalue weighted by Gasteiger charge is -2.04. The highest BCUT2D eigenvalue weighted by molar-refractivity contribution is 6.30. The van der Waals surface area contributed by atoms with Crippen molar-refractivity contribution in [2.45, 2.75) is 0 Å². The Labute approximate surface area is 136 Å². The zero-order valence-corrected chi connectivity index (χ0v) is 12.4. The average Bonchev–Trinajstić information content (AvgIpc) is 2.54. The molecular formula is C16H10ClN3O3. The van der Waals surface area contributed by atoms with E-state index in [9.17, 15) is 14.9 Å². The van der Waals surface area contributed by atoms with Crippen LogP contribution in [0.2, 0.25) is 5.02 Å². The van der Waals surface area contributed by atoms with Crippen LogP contribution in [0.4, 0.5) is 11.4 Å². The number of hydrogen-bond donors (Lipinski definition) is 1. The number of hydrogen-bond acceptors (Lipinski definition) is 4. The number of halogens is 1. The third-order valence-corrected chi connectivity index (χ3v) is 3.11. The molecule has 2 rings (SSSR count). The van der Waals surface area contributed by atoms with Crippen molar-refractivity contribution in [3.8, 4) is 6.07 Å². The highest BCUT2D eigenvalue weighted by atomic mass is 35.5. The molecule has 0 aliphatic carbocycles. The number of nitriles is 1. The monoisotopic (exact) mass is 327 g/mol. The summed E-state index contributed by atoms with van der Waals surface area (Å²) in [4.78, 5) is 22.2. The van der Waals surface area contributed by atoms with Crippen molar-refractivity contribution in [3.05, 3.63) is 74.8 Å². The molecule has 6 nitrogen and oxygen atoms in total. The molecule has 0 aliphatic rings. The molecule has 0 saturated heterocycles. The van der Waals surface area contributed by atoms with Crippen LogP contribution in [0, 0.1) is 21.4 Å². The van der Waals surface area contributed by atoms with Crippen molar-refractivity contribution >= 4 is 35.0 Å². The zero-order chi connectivity index (χ0) is 16.8. The summed E-state index contributed by atoms with van der Waals surface area (Å²) in [5.74, 6) is -0.650. The molecule has 0 heterocycles. The zero-order valence-electron chi connectivity index (χ0n) is 11.7. The fourth-order valence-corrected chi connectivity index (χ4v) is 1.90. The Morgan fingerprint density at radius 2 is 1.96 bits per heavy atom. The molecule has 0 spiro atoms. The van der Waals surface area contributed by atoms with Crippen LogP contribution in [-0.2, 0) is 4.79 Å². The fourth-order valence-electron chi connectivity index (χ4n) is 1.77. The molecule has 7 heteroatoms. The van der Waals surface area contributed by atoms with Gasteiger partial charge in [0.2, 0.25) is 0 Å². The standard InChI is InChI=1S/C16H10ClN3O3/c17-13-6-4-11(5-7-13)8-12(10-18)16(21)19-14-2-1-3-15(9-14)20(22)23/h1-9H,(H,19,21)/b12-8-. The first-order chi connectivity index (χ1) is 11.0. The largest absolute Gasteiger partial charge is 0.321 e. The minimum absolute atomic E-state index is 0.126. The van der Waals surface area contributed by atoms with Crippen molar-refractivity contribution in [3.63, 3.8) is 0 Å². The van der Waals surface area contributed by atoms with E-state index in [0.717, 1.165) is 0 Å². The third kappa shape index (κ3) is 4.40. The van der Waals surface area contributed by atoms with Gasteiger partial charge in [0.1, 0.15) is 11.6 Å². The van der Waals surface area contributed by atoms with Gasteiger partial charge in [0.25, 0.3) is 11.6 Å². The summed E-state index contributed by atoms with van der Waals surface area (Å²) < 4.78 is 0. The normalized spacial score (nSPS) is 10.7. The molecule has 114 valence electrons. The molecule has 0 aromatic heterocycles. The molecule has 0 unspecified atom stereocenters. The minimum atomic E-state index is -0.650. The van der Waals surface area contributed by atoms with E-state index in [1.54, 1.807) is 30.3 Å². The molecule has 2 aromatic rings. The van der Waals surface area contributed by atoms with Gasteiger partial charge < -0.3 is 5.32 Å². The fraction of sp³-hybridized carbons (Fsp3) is 0. The van der Waals surface area contributed by atoms with Crippen molar-refractivity contribution in [2.75, 3.05) is 5.32 Å². The van der Waals surface area contributed by atoms with Crippen LogP contribution in [0.3, 0.4) is 0 Å². The first-order valence-corrected chi connectivity index (χ1v) is 6.80. The Bertz CT molecular complexity index is 823. The van der Waals surface area contributed by atoms with Crippen LogP contribution in [0.15, 0.2) is 54.1 Å². The average molecular weight is 328 g/mol. The van der Waals surface area contributed by atoms with Gasteiger partial charge in [0, 0.05) is 22.8 Å². The molecule has 0 radical (unpaired) electrons. The second-order valence-electron chi connectivity index (χ2n) is 4.48. The Hall–Kier alpha value is -3.17. The molecule has 0 aliphatic heterocycles. The van der Waals surface area contributed by atoms with Crippen molar-refractivity contribution in [1.82, 2.24) is 0 Å². The number of nitrogens with zero attached hydrogens (tertiary/aromatic N) is 2. The molecular weight excluding hydrogens is 318 g/mol. The molecule has 1 amide bonds. The van der Waals surface area contributed by atoms with Gasteiger partial charge in [-0.1, -0.05) is 29.8 Å². The molecule has 0 bridgehead atoms. The SMILES string of the molecule is N#C/C(=C/c1ccc(Cl)cc1)C(=O)Nc1cccc([N+](=O)[O-])c1. The summed E-state index contributed by atoms with van der Waals surface area (Å²) >= 11 is 5.77. The van der Waals surface area contributed by atoms with Gasteiger partial charge in [-0.25, -0.2) is 0 Å². The van der Waals surface area contributed by atoms with Gasteiger partial charge in [-0.3, -0.25) is 14.9 Å².